The molecule has 2 fully saturated rings. The van der Waals surface area contributed by atoms with Crippen molar-refractivity contribution in [1.82, 2.24) is 39.5 Å². The number of H-pyrrole nitrogens is 2. The van der Waals surface area contributed by atoms with Crippen LogP contribution in [0.1, 0.15) is 86.6 Å². The molecule has 0 saturated carbocycles. The van der Waals surface area contributed by atoms with E-state index in [4.69, 9.17) is 19.4 Å². The number of carbonyl (C=O) groups is 4. The number of imide groups is 2. The second-order valence-electron chi connectivity index (χ2n) is 19.7. The molecule has 8 aromatic rings. The van der Waals surface area contributed by atoms with Gasteiger partial charge >= 0.3 is 0 Å². The molecule has 8 heterocycles. The number of amides is 4. The molecule has 0 bridgehead atoms. The Hall–Kier alpha value is -7.42. The predicted molar refractivity (Wildman–Crippen MR) is 274 cm³/mol. The van der Waals surface area contributed by atoms with Gasteiger partial charge in [0.15, 0.2) is 0 Å². The van der Waals surface area contributed by atoms with Crippen LogP contribution in [0.15, 0.2) is 97.1 Å². The number of ether oxygens (including phenoxy) is 2. The fraction of sp³-hybridized carbons (Fsp3) is 0.333. The number of nitrogens with zero attached hydrogens (tertiary/aromatic N) is 6. The van der Waals surface area contributed by atoms with Gasteiger partial charge in [-0.1, -0.05) is 79.9 Å². The summed E-state index contributed by atoms with van der Waals surface area (Å²) in [5.41, 5.74) is 7.34. The number of methoxy groups -OCH3 is 2. The van der Waals surface area contributed by atoms with Crippen LogP contribution in [0.4, 0.5) is 0 Å². The zero-order chi connectivity index (χ0) is 48.3. The fourth-order valence-electron chi connectivity index (χ4n) is 11.8. The quantitative estimate of drug-likeness (QED) is 0.101. The van der Waals surface area contributed by atoms with Gasteiger partial charge < -0.3 is 29.2 Å². The number of nitrogens with one attached hydrogen (secondary N) is 2. The van der Waals surface area contributed by atoms with Crippen molar-refractivity contribution < 1.29 is 28.7 Å². The normalized spacial score (nSPS) is 17.2. The zero-order valence-corrected chi connectivity index (χ0v) is 40.1. The Balaban J connectivity index is 0.621. The lowest BCUT2D eigenvalue weighted by molar-refractivity contribution is 0.0611. The highest BCUT2D eigenvalue weighted by atomic mass is 16.5. The lowest BCUT2D eigenvalue weighted by Crippen LogP contribution is -2.41. The van der Waals surface area contributed by atoms with Crippen molar-refractivity contribution in [2.75, 3.05) is 66.6 Å². The molecule has 71 heavy (non-hydrogen) atoms. The van der Waals surface area contributed by atoms with Gasteiger partial charge in [0.25, 0.3) is 23.6 Å². The Morgan fingerprint density at radius 3 is 1.31 bits per heavy atom. The van der Waals surface area contributed by atoms with Crippen LogP contribution in [-0.4, -0.2) is 130 Å². The third kappa shape index (κ3) is 7.89. The first-order valence-electron chi connectivity index (χ1n) is 25.1. The SMILES string of the molecule is COc1ccc2[nH]c3c(-c4ccccc4)nc4c(c3c2c1)C(=O)N(CCN1CCC(CCCC2CCN(CCN3C(=O)c5nc(-c6ccccc6)c6[nH]c7ccc(OC)cc7c6c5C3=O)CC2)CC1)C4=O. The van der Waals surface area contributed by atoms with Crippen LogP contribution in [0, 0.1) is 11.8 Å². The van der Waals surface area contributed by atoms with Gasteiger partial charge in [-0.3, -0.25) is 29.0 Å². The summed E-state index contributed by atoms with van der Waals surface area (Å²) < 4.78 is 11.1. The number of rotatable bonds is 14. The molecule has 4 aliphatic rings. The molecule has 4 aromatic heterocycles. The molecule has 2 saturated heterocycles. The van der Waals surface area contributed by atoms with Crippen LogP contribution in [0.5, 0.6) is 11.5 Å². The summed E-state index contributed by atoms with van der Waals surface area (Å²) in [5.74, 6) is 1.43. The third-order valence-electron chi connectivity index (χ3n) is 15.7. The monoisotopic (exact) mass is 948 g/mol. The molecule has 4 aromatic carbocycles. The molecule has 0 atom stereocenters. The van der Waals surface area contributed by atoms with Crippen molar-refractivity contribution in [3.05, 3.63) is 120 Å². The predicted octanol–water partition coefficient (Wildman–Crippen LogP) is 9.58. The van der Waals surface area contributed by atoms with Gasteiger partial charge in [0.2, 0.25) is 0 Å². The van der Waals surface area contributed by atoms with E-state index >= 15 is 0 Å². The second kappa shape index (κ2) is 18.4. The summed E-state index contributed by atoms with van der Waals surface area (Å²) in [7, 11) is 3.24. The number of aromatic amines is 2. The van der Waals surface area contributed by atoms with Crippen molar-refractivity contribution in [2.45, 2.75) is 44.9 Å². The van der Waals surface area contributed by atoms with E-state index in [9.17, 15) is 19.2 Å². The average Bonchev–Trinajstić information content (AvgIpc) is 4.12. The third-order valence-corrected chi connectivity index (χ3v) is 15.7. The maximum absolute atomic E-state index is 14.2. The van der Waals surface area contributed by atoms with Crippen LogP contribution in [-0.2, 0) is 0 Å². The lowest BCUT2D eigenvalue weighted by atomic mass is 9.87. The van der Waals surface area contributed by atoms with Crippen LogP contribution in [0.3, 0.4) is 0 Å². The van der Waals surface area contributed by atoms with E-state index in [0.29, 0.717) is 82.8 Å². The van der Waals surface area contributed by atoms with E-state index in [1.165, 1.54) is 29.1 Å². The van der Waals surface area contributed by atoms with Gasteiger partial charge in [-0.15, -0.1) is 0 Å². The number of hydrogen-bond donors (Lipinski definition) is 2. The number of likely N-dealkylation sites (tertiary alicyclic amines) is 2. The highest BCUT2D eigenvalue weighted by Gasteiger charge is 2.42. The Kier molecular flexibility index (Phi) is 11.6. The molecule has 4 amide bonds. The molecule has 0 radical (unpaired) electrons. The van der Waals surface area contributed by atoms with Gasteiger partial charge in [-0.05, 0) is 100 Å². The zero-order valence-electron chi connectivity index (χ0n) is 40.1. The smallest absolute Gasteiger partial charge is 0.280 e. The molecule has 12 rings (SSSR count). The van der Waals surface area contributed by atoms with Crippen molar-refractivity contribution in [2.24, 2.45) is 11.8 Å². The van der Waals surface area contributed by atoms with Gasteiger partial charge in [0.1, 0.15) is 22.9 Å². The highest BCUT2D eigenvalue weighted by Crippen LogP contribution is 2.42. The summed E-state index contributed by atoms with van der Waals surface area (Å²) in [6, 6.07) is 31.0. The number of pyridine rings is 2. The standard InChI is InChI=1S/C57H56N8O6/c1-70-38-16-18-42-40(32-38)44-46-52(60-48(50(44)58-42)36-12-5-3-6-13-36)56(68)64(54(46)66)30-28-62-24-20-34(21-25-62)10-9-11-35-22-26-63(27-23-35)29-31-65-55(67)47-45-41-33-39(71-2)17-19-43(41)59-51(45)49(61-53(47)57(65)69)37-14-7-4-8-15-37/h3-8,12-19,32-35,58-59H,9-11,20-31H2,1-2H3. The number of fused-ring (bicyclic) bond motifs is 10. The maximum Gasteiger partial charge on any atom is 0.280 e. The van der Waals surface area contributed by atoms with E-state index in [0.717, 1.165) is 95.8 Å². The lowest BCUT2D eigenvalue weighted by Gasteiger charge is -2.34. The molecular formula is C57H56N8O6. The van der Waals surface area contributed by atoms with Crippen LogP contribution >= 0.6 is 0 Å². The molecular weight excluding hydrogens is 893 g/mol. The molecule has 0 unspecified atom stereocenters. The Morgan fingerprint density at radius 1 is 0.507 bits per heavy atom. The molecule has 4 aliphatic heterocycles. The summed E-state index contributed by atoms with van der Waals surface area (Å²) in [4.78, 5) is 80.8. The minimum Gasteiger partial charge on any atom is -0.497 e. The largest absolute Gasteiger partial charge is 0.497 e. The van der Waals surface area contributed by atoms with E-state index in [1.807, 2.05) is 97.1 Å². The Morgan fingerprint density at radius 2 is 0.915 bits per heavy atom. The Labute approximate surface area is 410 Å². The van der Waals surface area contributed by atoms with E-state index in [1.54, 1.807) is 14.2 Å². The first kappa shape index (κ1) is 44.8. The van der Waals surface area contributed by atoms with E-state index in [-0.39, 0.29) is 35.0 Å². The van der Waals surface area contributed by atoms with Crippen LogP contribution in [0.2, 0.25) is 0 Å². The summed E-state index contributed by atoms with van der Waals surface area (Å²) >= 11 is 0. The molecule has 2 N–H and O–H groups in total. The number of hydrogen-bond acceptors (Lipinski definition) is 10. The van der Waals surface area contributed by atoms with Crippen LogP contribution < -0.4 is 9.47 Å². The van der Waals surface area contributed by atoms with Gasteiger partial charge in [-0.25, -0.2) is 9.97 Å². The molecule has 0 spiro atoms. The average molecular weight is 949 g/mol. The van der Waals surface area contributed by atoms with Crippen molar-refractivity contribution >= 4 is 67.2 Å². The van der Waals surface area contributed by atoms with Crippen LogP contribution in [0.25, 0.3) is 66.1 Å². The summed E-state index contributed by atoms with van der Waals surface area (Å²) in [5, 5.41) is 3.08. The second-order valence-corrected chi connectivity index (χ2v) is 19.7. The maximum atomic E-state index is 14.2. The molecule has 0 aliphatic carbocycles. The molecule has 14 nitrogen and oxygen atoms in total. The number of carbonyl (C=O) groups excluding carboxylic acids is 4. The minimum atomic E-state index is -0.338. The number of aromatic nitrogens is 4. The van der Waals surface area contributed by atoms with Gasteiger partial charge in [0, 0.05) is 69.9 Å². The van der Waals surface area contributed by atoms with E-state index < -0.39 is 0 Å². The van der Waals surface area contributed by atoms with Gasteiger partial charge in [-0.2, -0.15) is 0 Å². The fourth-order valence-corrected chi connectivity index (χ4v) is 11.8. The summed E-state index contributed by atoms with van der Waals surface area (Å²) in [6.45, 7) is 5.72. The topological polar surface area (TPSA) is 157 Å². The number of benzene rings is 4. The van der Waals surface area contributed by atoms with Crippen molar-refractivity contribution in [3.63, 3.8) is 0 Å². The van der Waals surface area contributed by atoms with Gasteiger partial charge in [0.05, 0.1) is 47.8 Å². The van der Waals surface area contributed by atoms with Crippen molar-refractivity contribution in [1.29, 1.82) is 0 Å². The number of piperidine rings is 2. The molecule has 14 heteroatoms. The molecule has 360 valence electrons. The first-order valence-corrected chi connectivity index (χ1v) is 25.1. The minimum absolute atomic E-state index is 0.210. The van der Waals surface area contributed by atoms with Crippen molar-refractivity contribution in [3.8, 4) is 34.0 Å². The first-order chi connectivity index (χ1) is 34.8. The summed E-state index contributed by atoms with van der Waals surface area (Å²) in [6.07, 6.45) is 8.08. The van der Waals surface area contributed by atoms with E-state index in [2.05, 4.69) is 19.8 Å². The highest BCUT2D eigenvalue weighted by molar-refractivity contribution is 6.31. The Bertz CT molecular complexity index is 3180.